The van der Waals surface area contributed by atoms with Gasteiger partial charge in [0, 0.05) is 35.9 Å². The largest absolute Gasteiger partial charge is 0.507 e. The number of rotatable bonds is 6. The van der Waals surface area contributed by atoms with Crippen LogP contribution in [0.5, 0.6) is 5.75 Å². The Labute approximate surface area is 214 Å². The van der Waals surface area contributed by atoms with Crippen molar-refractivity contribution >= 4 is 28.6 Å². The lowest BCUT2D eigenvalue weighted by Crippen LogP contribution is -2.30. The molecule has 1 aliphatic rings. The van der Waals surface area contributed by atoms with E-state index in [1.165, 1.54) is 0 Å². The molecule has 0 bridgehead atoms. The standard InChI is InChI=1S/C28H38N2O3.BrH/c1-9-24(33-8)17-10-11-18-15-30(26(29)20(18)12-17)16-23(31)19-13-21(27(2,3)4)25(32)22(14-19)28(5,6)7;/h10-14,24,29,32H,9,15-16H2,1-8H3;1H. The molecule has 0 saturated carbocycles. The number of phenols is 1. The predicted molar refractivity (Wildman–Crippen MR) is 144 cm³/mol. The summed E-state index contributed by atoms with van der Waals surface area (Å²) in [6.45, 7) is 15.0. The zero-order valence-electron chi connectivity index (χ0n) is 21.7. The van der Waals surface area contributed by atoms with Crippen LogP contribution in [0.1, 0.15) is 99.2 Å². The quantitative estimate of drug-likeness (QED) is 0.408. The van der Waals surface area contributed by atoms with Crippen LogP contribution in [0.25, 0.3) is 0 Å². The van der Waals surface area contributed by atoms with Crippen LogP contribution in [-0.4, -0.2) is 35.3 Å². The lowest BCUT2D eigenvalue weighted by atomic mass is 9.78. The molecule has 2 aromatic carbocycles. The third-order valence-electron chi connectivity index (χ3n) is 6.48. The molecule has 0 aliphatic carbocycles. The minimum atomic E-state index is -0.301. The van der Waals surface area contributed by atoms with Gasteiger partial charge in [0.2, 0.25) is 0 Å². The number of amidine groups is 1. The molecular weight excluding hydrogens is 492 g/mol. The van der Waals surface area contributed by atoms with E-state index in [-0.39, 0.29) is 52.0 Å². The third kappa shape index (κ3) is 5.55. The first-order chi connectivity index (χ1) is 15.3. The van der Waals surface area contributed by atoms with Crippen LogP contribution in [0.3, 0.4) is 0 Å². The molecule has 0 saturated heterocycles. The molecule has 0 fully saturated rings. The fraction of sp³-hybridized carbons (Fsp3) is 0.500. The van der Waals surface area contributed by atoms with E-state index in [9.17, 15) is 9.90 Å². The molecule has 1 atom stereocenters. The average Bonchev–Trinajstić information content (AvgIpc) is 3.02. The second kappa shape index (κ2) is 10.2. The van der Waals surface area contributed by atoms with Gasteiger partial charge in [-0.15, -0.1) is 17.0 Å². The highest BCUT2D eigenvalue weighted by Gasteiger charge is 2.30. The van der Waals surface area contributed by atoms with Crippen LogP contribution >= 0.6 is 17.0 Å². The lowest BCUT2D eigenvalue weighted by molar-refractivity contribution is 0.0962. The SMILES string of the molecule is Br.CCC(OC)c1ccc2c(c1)C(=N)N(CC(=O)c1cc(C(C)(C)C)c(O)c(C(C)(C)C)c1)C2. The highest BCUT2D eigenvalue weighted by Crippen LogP contribution is 2.40. The summed E-state index contributed by atoms with van der Waals surface area (Å²) in [5.74, 6) is 0.591. The molecular formula is C28H39BrN2O3. The molecule has 34 heavy (non-hydrogen) atoms. The van der Waals surface area contributed by atoms with E-state index >= 15 is 0 Å². The Bertz CT molecular complexity index is 1040. The first-order valence-corrected chi connectivity index (χ1v) is 11.7. The molecule has 186 valence electrons. The van der Waals surface area contributed by atoms with Gasteiger partial charge in [0.05, 0.1) is 12.6 Å². The number of ketones is 1. The minimum Gasteiger partial charge on any atom is -0.507 e. The van der Waals surface area contributed by atoms with E-state index in [1.807, 2.05) is 70.7 Å². The van der Waals surface area contributed by atoms with E-state index in [2.05, 4.69) is 13.0 Å². The molecule has 6 heteroatoms. The van der Waals surface area contributed by atoms with Crippen LogP contribution < -0.4 is 0 Å². The van der Waals surface area contributed by atoms with Gasteiger partial charge in [-0.3, -0.25) is 10.2 Å². The van der Waals surface area contributed by atoms with Crippen molar-refractivity contribution in [1.82, 2.24) is 4.90 Å². The third-order valence-corrected chi connectivity index (χ3v) is 6.48. The maximum Gasteiger partial charge on any atom is 0.182 e. The summed E-state index contributed by atoms with van der Waals surface area (Å²) in [5, 5.41) is 19.7. The van der Waals surface area contributed by atoms with Crippen LogP contribution in [0.4, 0.5) is 0 Å². The fourth-order valence-corrected chi connectivity index (χ4v) is 4.48. The zero-order valence-corrected chi connectivity index (χ0v) is 23.4. The van der Waals surface area contributed by atoms with Gasteiger partial charge in [-0.1, -0.05) is 60.6 Å². The van der Waals surface area contributed by atoms with Gasteiger partial charge in [-0.05, 0) is 46.6 Å². The maximum atomic E-state index is 13.4. The van der Waals surface area contributed by atoms with Gasteiger partial charge < -0.3 is 14.7 Å². The summed E-state index contributed by atoms with van der Waals surface area (Å²) >= 11 is 0. The first-order valence-electron chi connectivity index (χ1n) is 11.7. The molecule has 1 aliphatic heterocycles. The Morgan fingerprint density at radius 2 is 1.65 bits per heavy atom. The second-order valence-corrected chi connectivity index (χ2v) is 11.1. The number of fused-ring (bicyclic) bond motifs is 1. The second-order valence-electron chi connectivity index (χ2n) is 11.1. The number of halogens is 1. The summed E-state index contributed by atoms with van der Waals surface area (Å²) in [4.78, 5) is 15.2. The van der Waals surface area contributed by atoms with Gasteiger partial charge in [0.25, 0.3) is 0 Å². The Morgan fingerprint density at radius 3 is 2.12 bits per heavy atom. The zero-order chi connectivity index (χ0) is 24.7. The number of nitrogens with zero attached hydrogens (tertiary/aromatic N) is 1. The Balaban J connectivity index is 0.00000408. The van der Waals surface area contributed by atoms with E-state index in [4.69, 9.17) is 10.1 Å². The summed E-state index contributed by atoms with van der Waals surface area (Å²) in [5.41, 5.74) is 4.50. The number of aromatic hydroxyl groups is 1. The van der Waals surface area contributed by atoms with Crippen molar-refractivity contribution in [3.63, 3.8) is 0 Å². The summed E-state index contributed by atoms with van der Waals surface area (Å²) in [6, 6.07) is 9.77. The topological polar surface area (TPSA) is 73.6 Å². The number of hydrogen-bond donors (Lipinski definition) is 2. The van der Waals surface area contributed by atoms with E-state index in [0.29, 0.717) is 17.9 Å². The van der Waals surface area contributed by atoms with Gasteiger partial charge in [0.15, 0.2) is 5.78 Å². The summed E-state index contributed by atoms with van der Waals surface area (Å²) < 4.78 is 5.56. The number of phenolic OH excluding ortho intramolecular Hbond substituents is 1. The number of nitrogens with one attached hydrogen (secondary N) is 1. The lowest BCUT2D eigenvalue weighted by Gasteiger charge is -2.28. The Morgan fingerprint density at radius 1 is 1.09 bits per heavy atom. The van der Waals surface area contributed by atoms with E-state index < -0.39 is 0 Å². The van der Waals surface area contributed by atoms with Crippen molar-refractivity contribution in [2.75, 3.05) is 13.7 Å². The Kier molecular flexibility index (Phi) is 8.42. The van der Waals surface area contributed by atoms with Gasteiger partial charge in [0.1, 0.15) is 11.6 Å². The highest BCUT2D eigenvalue weighted by atomic mass is 79.9. The molecule has 2 aromatic rings. The summed E-state index contributed by atoms with van der Waals surface area (Å²) in [7, 11) is 1.70. The van der Waals surface area contributed by atoms with Crippen molar-refractivity contribution in [3.8, 4) is 5.75 Å². The highest BCUT2D eigenvalue weighted by molar-refractivity contribution is 8.93. The summed E-state index contributed by atoms with van der Waals surface area (Å²) in [6.07, 6.45) is 0.861. The monoisotopic (exact) mass is 530 g/mol. The molecule has 0 amide bonds. The first kappa shape index (κ1) is 28.1. The van der Waals surface area contributed by atoms with E-state index in [0.717, 1.165) is 34.2 Å². The smallest absolute Gasteiger partial charge is 0.182 e. The van der Waals surface area contributed by atoms with Crippen LogP contribution in [0.15, 0.2) is 30.3 Å². The molecule has 1 unspecified atom stereocenters. The number of Topliss-reactive ketones (excluding diaryl/α,β-unsaturated/α-hetero) is 1. The normalized spacial score (nSPS) is 14.6. The number of ether oxygens (including phenoxy) is 1. The van der Waals surface area contributed by atoms with Gasteiger partial charge >= 0.3 is 0 Å². The predicted octanol–water partition coefficient (Wildman–Crippen LogP) is 6.69. The Hall–Kier alpha value is -2.18. The average molecular weight is 532 g/mol. The van der Waals surface area contributed by atoms with Crippen molar-refractivity contribution in [1.29, 1.82) is 5.41 Å². The van der Waals surface area contributed by atoms with Crippen LogP contribution in [0, 0.1) is 5.41 Å². The van der Waals surface area contributed by atoms with Crippen molar-refractivity contribution in [3.05, 3.63) is 63.7 Å². The molecule has 0 aromatic heterocycles. The van der Waals surface area contributed by atoms with Gasteiger partial charge in [-0.2, -0.15) is 0 Å². The van der Waals surface area contributed by atoms with Gasteiger partial charge in [-0.25, -0.2) is 0 Å². The minimum absolute atomic E-state index is 0. The molecule has 5 nitrogen and oxygen atoms in total. The number of carbonyl (C=O) groups excluding carboxylic acids is 1. The number of benzene rings is 2. The van der Waals surface area contributed by atoms with E-state index in [1.54, 1.807) is 7.11 Å². The maximum absolute atomic E-state index is 13.4. The van der Waals surface area contributed by atoms with Crippen LogP contribution in [-0.2, 0) is 22.1 Å². The number of methoxy groups -OCH3 is 1. The molecule has 0 spiro atoms. The van der Waals surface area contributed by atoms with Crippen molar-refractivity contribution in [2.45, 2.75) is 78.4 Å². The van der Waals surface area contributed by atoms with Crippen LogP contribution in [0.2, 0.25) is 0 Å². The molecule has 0 radical (unpaired) electrons. The number of hydrogen-bond acceptors (Lipinski definition) is 4. The fourth-order valence-electron chi connectivity index (χ4n) is 4.48. The van der Waals surface area contributed by atoms with Crippen molar-refractivity contribution < 1.29 is 14.6 Å². The molecule has 1 heterocycles. The molecule has 3 rings (SSSR count). The molecule has 2 N–H and O–H groups in total. The number of carbonyl (C=O) groups is 1. The van der Waals surface area contributed by atoms with Crippen molar-refractivity contribution in [2.24, 2.45) is 0 Å².